The van der Waals surface area contributed by atoms with Gasteiger partial charge in [-0.2, -0.15) is 0 Å². The predicted molar refractivity (Wildman–Crippen MR) is 61.8 cm³/mol. The summed E-state index contributed by atoms with van der Waals surface area (Å²) in [6, 6.07) is 3.98. The van der Waals surface area contributed by atoms with Crippen LogP contribution in [-0.2, 0) is 6.42 Å². The Labute approximate surface area is 94.3 Å². The highest BCUT2D eigenvalue weighted by Crippen LogP contribution is 2.18. The van der Waals surface area contributed by atoms with Gasteiger partial charge >= 0.3 is 0 Å². The van der Waals surface area contributed by atoms with Crippen molar-refractivity contribution in [2.75, 3.05) is 20.2 Å². The van der Waals surface area contributed by atoms with Crippen molar-refractivity contribution in [3.8, 4) is 5.75 Å². The van der Waals surface area contributed by atoms with Gasteiger partial charge in [0, 0.05) is 18.7 Å². The van der Waals surface area contributed by atoms with Gasteiger partial charge in [-0.1, -0.05) is 0 Å². The Balaban J connectivity index is 1.93. The number of nitrogens with zero attached hydrogens (tertiary/aromatic N) is 2. The molecule has 0 aliphatic carbocycles. The van der Waals surface area contributed by atoms with Gasteiger partial charge in [-0.15, -0.1) is 0 Å². The van der Waals surface area contributed by atoms with E-state index in [2.05, 4.69) is 14.7 Å². The molecule has 0 aromatic carbocycles. The van der Waals surface area contributed by atoms with E-state index in [1.165, 1.54) is 0 Å². The Hall–Kier alpha value is -1.55. The topological polar surface area (TPSA) is 38.6 Å². The van der Waals surface area contributed by atoms with Gasteiger partial charge in [0.25, 0.3) is 0 Å². The van der Waals surface area contributed by atoms with Crippen molar-refractivity contribution in [3.63, 3.8) is 0 Å². The van der Waals surface area contributed by atoms with Gasteiger partial charge in [-0.25, -0.2) is 4.98 Å². The summed E-state index contributed by atoms with van der Waals surface area (Å²) in [6.45, 7) is 2.23. The minimum atomic E-state index is 0.743. The minimum absolute atomic E-state index is 0.743. The molecule has 4 heteroatoms. The van der Waals surface area contributed by atoms with Crippen LogP contribution >= 0.6 is 0 Å². The van der Waals surface area contributed by atoms with Crippen LogP contribution in [0.2, 0.25) is 0 Å². The number of pyridine rings is 1. The quantitative estimate of drug-likeness (QED) is 0.837. The van der Waals surface area contributed by atoms with Gasteiger partial charge in [0.1, 0.15) is 11.6 Å². The number of aromatic nitrogens is 2. The van der Waals surface area contributed by atoms with E-state index >= 15 is 0 Å². The Morgan fingerprint density at radius 1 is 1.56 bits per heavy atom. The van der Waals surface area contributed by atoms with E-state index in [9.17, 15) is 0 Å². The van der Waals surface area contributed by atoms with Crippen LogP contribution in [0.3, 0.4) is 0 Å². The van der Waals surface area contributed by atoms with Gasteiger partial charge < -0.3 is 14.5 Å². The van der Waals surface area contributed by atoms with Crippen LogP contribution in [0.5, 0.6) is 5.75 Å². The molecule has 0 atom stereocenters. The molecule has 2 aromatic heterocycles. The molecule has 0 unspecified atom stereocenters. The second-order valence-electron chi connectivity index (χ2n) is 4.26. The molecule has 1 N–H and O–H groups in total. The van der Waals surface area contributed by atoms with E-state index in [4.69, 9.17) is 4.74 Å². The van der Waals surface area contributed by atoms with Crippen LogP contribution in [0.1, 0.15) is 5.82 Å². The summed E-state index contributed by atoms with van der Waals surface area (Å²) in [5, 5.41) is 3.28. The number of hydrogen-bond acceptors (Lipinski definition) is 3. The second kappa shape index (κ2) is 3.79. The minimum Gasteiger partial charge on any atom is -0.497 e. The van der Waals surface area contributed by atoms with Gasteiger partial charge in [0.2, 0.25) is 0 Å². The number of hydrogen-bond donors (Lipinski definition) is 1. The van der Waals surface area contributed by atoms with E-state index in [-0.39, 0.29) is 0 Å². The summed E-state index contributed by atoms with van der Waals surface area (Å²) in [6.07, 6.45) is 4.99. The molecule has 1 aliphatic heterocycles. The lowest BCUT2D eigenvalue weighted by Crippen LogP contribution is -2.43. The fraction of sp³-hybridized carbons (Fsp3) is 0.417. The van der Waals surface area contributed by atoms with Gasteiger partial charge in [0.15, 0.2) is 0 Å². The molecule has 0 amide bonds. The fourth-order valence-corrected chi connectivity index (χ4v) is 2.06. The Bertz CT molecular complexity index is 502. The zero-order valence-corrected chi connectivity index (χ0v) is 9.31. The molecular formula is C12H15N3O. The molecule has 0 radical (unpaired) electrons. The average molecular weight is 217 g/mol. The van der Waals surface area contributed by atoms with Crippen molar-refractivity contribution in [1.29, 1.82) is 0 Å². The lowest BCUT2D eigenvalue weighted by Gasteiger charge is -2.26. The summed E-state index contributed by atoms with van der Waals surface area (Å²) in [5.41, 5.74) is 1.10. The standard InChI is InChI=1S/C12H15N3O/c1-16-11-2-3-15-10(5-11)8-14-12(15)4-9-6-13-7-9/h2-3,5,8-9,13H,4,6-7H2,1H3. The normalized spacial score (nSPS) is 16.3. The van der Waals surface area contributed by atoms with E-state index in [0.29, 0.717) is 0 Å². The molecule has 3 heterocycles. The maximum Gasteiger partial charge on any atom is 0.122 e. The highest BCUT2D eigenvalue weighted by Gasteiger charge is 2.19. The molecule has 0 bridgehead atoms. The van der Waals surface area contributed by atoms with Crippen molar-refractivity contribution < 1.29 is 4.74 Å². The van der Waals surface area contributed by atoms with Crippen LogP contribution in [0.4, 0.5) is 0 Å². The number of methoxy groups -OCH3 is 1. The number of ether oxygens (including phenoxy) is 1. The first kappa shape index (κ1) is 9.66. The maximum absolute atomic E-state index is 5.19. The van der Waals surface area contributed by atoms with E-state index in [0.717, 1.165) is 42.5 Å². The average Bonchev–Trinajstić information content (AvgIpc) is 2.65. The predicted octanol–water partition coefficient (Wildman–Crippen LogP) is 1.10. The van der Waals surface area contributed by atoms with Crippen LogP contribution in [-0.4, -0.2) is 29.6 Å². The van der Waals surface area contributed by atoms with Crippen molar-refractivity contribution in [3.05, 3.63) is 30.4 Å². The number of nitrogens with one attached hydrogen (secondary N) is 1. The van der Waals surface area contributed by atoms with E-state index in [1.54, 1.807) is 7.11 Å². The van der Waals surface area contributed by atoms with E-state index in [1.807, 2.05) is 24.5 Å². The summed E-state index contributed by atoms with van der Waals surface area (Å²) in [4.78, 5) is 4.47. The Morgan fingerprint density at radius 3 is 3.12 bits per heavy atom. The number of fused-ring (bicyclic) bond motifs is 1. The molecule has 16 heavy (non-hydrogen) atoms. The Kier molecular flexibility index (Phi) is 2.29. The lowest BCUT2D eigenvalue weighted by atomic mass is 9.99. The van der Waals surface area contributed by atoms with Crippen LogP contribution in [0.15, 0.2) is 24.5 Å². The first-order valence-electron chi connectivity index (χ1n) is 5.57. The van der Waals surface area contributed by atoms with Gasteiger partial charge in [-0.3, -0.25) is 0 Å². The Morgan fingerprint density at radius 2 is 2.44 bits per heavy atom. The van der Waals surface area contributed by atoms with Crippen LogP contribution < -0.4 is 10.1 Å². The molecule has 0 saturated carbocycles. The molecule has 3 rings (SSSR count). The van der Waals surface area contributed by atoms with Gasteiger partial charge in [-0.05, 0) is 25.1 Å². The molecule has 1 aliphatic rings. The third-order valence-electron chi connectivity index (χ3n) is 3.15. The molecular weight excluding hydrogens is 202 g/mol. The molecule has 1 saturated heterocycles. The SMILES string of the molecule is COc1ccn2c(CC3CNC3)ncc2c1. The molecule has 1 fully saturated rings. The summed E-state index contributed by atoms with van der Waals surface area (Å²) in [7, 11) is 1.68. The summed E-state index contributed by atoms with van der Waals surface area (Å²) < 4.78 is 7.33. The molecule has 84 valence electrons. The van der Waals surface area contributed by atoms with Gasteiger partial charge in [0.05, 0.1) is 18.8 Å². The monoisotopic (exact) mass is 217 g/mol. The summed E-state index contributed by atoms with van der Waals surface area (Å²) in [5.74, 6) is 2.76. The smallest absolute Gasteiger partial charge is 0.122 e. The highest BCUT2D eigenvalue weighted by molar-refractivity contribution is 5.50. The van der Waals surface area contributed by atoms with Crippen molar-refractivity contribution in [2.24, 2.45) is 5.92 Å². The van der Waals surface area contributed by atoms with Crippen molar-refractivity contribution in [2.45, 2.75) is 6.42 Å². The first-order valence-corrected chi connectivity index (χ1v) is 5.57. The molecule has 4 nitrogen and oxygen atoms in total. The zero-order chi connectivity index (χ0) is 11.0. The second-order valence-corrected chi connectivity index (χ2v) is 4.26. The summed E-state index contributed by atoms with van der Waals surface area (Å²) >= 11 is 0. The van der Waals surface area contributed by atoms with Crippen LogP contribution in [0.25, 0.3) is 5.52 Å². The van der Waals surface area contributed by atoms with Crippen molar-refractivity contribution >= 4 is 5.52 Å². The maximum atomic E-state index is 5.19. The van der Waals surface area contributed by atoms with E-state index < -0.39 is 0 Å². The number of imidazole rings is 1. The largest absolute Gasteiger partial charge is 0.497 e. The third kappa shape index (κ3) is 1.55. The zero-order valence-electron chi connectivity index (χ0n) is 9.31. The van der Waals surface area contributed by atoms with Crippen LogP contribution in [0, 0.1) is 5.92 Å². The first-order chi connectivity index (χ1) is 7.86. The molecule has 2 aromatic rings. The third-order valence-corrected chi connectivity index (χ3v) is 3.15. The fourth-order valence-electron chi connectivity index (χ4n) is 2.06. The highest BCUT2D eigenvalue weighted by atomic mass is 16.5. The molecule has 0 spiro atoms. The lowest BCUT2D eigenvalue weighted by molar-refractivity contribution is 0.340. The number of rotatable bonds is 3. The van der Waals surface area contributed by atoms with Crippen molar-refractivity contribution in [1.82, 2.24) is 14.7 Å².